The van der Waals surface area contributed by atoms with Crippen LogP contribution < -0.4 is 10.9 Å². The molecule has 174 valence electrons. The summed E-state index contributed by atoms with van der Waals surface area (Å²) in [5.74, 6) is -0.792. The molecule has 10 heteroatoms. The zero-order valence-corrected chi connectivity index (χ0v) is 19.3. The molecule has 0 aliphatic rings. The number of fused-ring (bicyclic) bond motifs is 1. The van der Waals surface area contributed by atoms with Gasteiger partial charge in [-0.1, -0.05) is 23.2 Å². The Hall–Kier alpha value is -3.36. The lowest BCUT2D eigenvalue weighted by Crippen LogP contribution is -2.19. The SMILES string of the molecule is Cc1cc(C(=O)Nc2ccc(Cl)c(-c3cc4cnccc4n(C)c3=O)c2Cl)cc(C(F)(F)F)c1. The molecule has 2 aromatic heterocycles. The van der Waals surface area contributed by atoms with Crippen molar-refractivity contribution in [2.45, 2.75) is 13.1 Å². The molecular weight excluding hydrogens is 490 g/mol. The van der Waals surface area contributed by atoms with E-state index in [9.17, 15) is 22.8 Å². The van der Waals surface area contributed by atoms with Crippen LogP contribution >= 0.6 is 23.2 Å². The smallest absolute Gasteiger partial charge is 0.321 e. The molecule has 1 N–H and O–H groups in total. The second-order valence-electron chi connectivity index (χ2n) is 7.68. The number of carbonyl (C=O) groups excluding carboxylic acids is 1. The number of alkyl halides is 3. The van der Waals surface area contributed by atoms with E-state index in [1.165, 1.54) is 29.7 Å². The number of aromatic nitrogens is 2. The van der Waals surface area contributed by atoms with E-state index >= 15 is 0 Å². The van der Waals surface area contributed by atoms with Crippen LogP contribution in [0.1, 0.15) is 21.5 Å². The maximum Gasteiger partial charge on any atom is 0.416 e. The number of nitrogens with one attached hydrogen (secondary N) is 1. The molecule has 4 aromatic rings. The van der Waals surface area contributed by atoms with Crippen LogP contribution in [0.4, 0.5) is 18.9 Å². The summed E-state index contributed by atoms with van der Waals surface area (Å²) in [7, 11) is 1.59. The number of hydrogen-bond acceptors (Lipinski definition) is 3. The average Bonchev–Trinajstić information content (AvgIpc) is 2.78. The van der Waals surface area contributed by atoms with E-state index in [0.29, 0.717) is 10.9 Å². The molecule has 1 amide bonds. The van der Waals surface area contributed by atoms with Gasteiger partial charge in [-0.2, -0.15) is 13.2 Å². The predicted octanol–water partition coefficient (Wildman–Crippen LogP) is 6.49. The molecule has 0 saturated heterocycles. The Kier molecular flexibility index (Phi) is 6.14. The minimum Gasteiger partial charge on any atom is -0.321 e. The third-order valence-electron chi connectivity index (χ3n) is 5.30. The van der Waals surface area contributed by atoms with Gasteiger partial charge in [-0.3, -0.25) is 14.6 Å². The molecule has 0 atom stereocenters. The third-order valence-corrected chi connectivity index (χ3v) is 6.01. The van der Waals surface area contributed by atoms with Gasteiger partial charge in [-0.05, 0) is 55.0 Å². The van der Waals surface area contributed by atoms with Crippen LogP contribution in [0.3, 0.4) is 0 Å². The van der Waals surface area contributed by atoms with Gasteiger partial charge in [0.1, 0.15) is 0 Å². The number of hydrogen-bond donors (Lipinski definition) is 1. The Labute approximate surface area is 201 Å². The number of benzene rings is 2. The second-order valence-corrected chi connectivity index (χ2v) is 8.47. The Morgan fingerprint density at radius 1 is 1.09 bits per heavy atom. The van der Waals surface area contributed by atoms with E-state index in [2.05, 4.69) is 10.3 Å². The number of rotatable bonds is 3. The summed E-state index contributed by atoms with van der Waals surface area (Å²) < 4.78 is 40.9. The van der Waals surface area contributed by atoms with Crippen molar-refractivity contribution >= 4 is 45.7 Å². The minimum atomic E-state index is -4.60. The molecule has 0 saturated carbocycles. The lowest BCUT2D eigenvalue weighted by atomic mass is 10.0. The zero-order valence-electron chi connectivity index (χ0n) is 17.8. The summed E-state index contributed by atoms with van der Waals surface area (Å²) in [5, 5.41) is 3.33. The lowest BCUT2D eigenvalue weighted by Gasteiger charge is -2.15. The van der Waals surface area contributed by atoms with Crippen molar-refractivity contribution in [3.8, 4) is 11.1 Å². The number of halogens is 5. The fraction of sp³-hybridized carbons (Fsp3) is 0.125. The summed E-state index contributed by atoms with van der Waals surface area (Å²) >= 11 is 12.9. The molecule has 0 fully saturated rings. The van der Waals surface area contributed by atoms with Gasteiger partial charge >= 0.3 is 6.18 Å². The standard InChI is InChI=1S/C24H16Cl2F3N3O2/c1-12-7-13(9-15(8-12)24(27,28)29)22(33)31-18-4-3-17(25)20(21(18)26)16-10-14-11-30-6-5-19(14)32(2)23(16)34/h3-11H,1-2H3,(H,31,33). The monoisotopic (exact) mass is 505 g/mol. The summed E-state index contributed by atoms with van der Waals surface area (Å²) in [6, 6.07) is 9.20. The molecule has 0 aliphatic heterocycles. The maximum absolute atomic E-state index is 13.2. The van der Waals surface area contributed by atoms with E-state index < -0.39 is 17.6 Å². The highest BCUT2D eigenvalue weighted by atomic mass is 35.5. The first-order valence-electron chi connectivity index (χ1n) is 9.89. The molecule has 0 radical (unpaired) electrons. The Bertz CT molecular complexity index is 1510. The van der Waals surface area contributed by atoms with Crippen molar-refractivity contribution in [2.75, 3.05) is 5.32 Å². The number of nitrogens with zero attached hydrogens (tertiary/aromatic N) is 2. The number of pyridine rings is 2. The van der Waals surface area contributed by atoms with Gasteiger partial charge < -0.3 is 9.88 Å². The zero-order chi connectivity index (χ0) is 24.8. The fourth-order valence-corrected chi connectivity index (χ4v) is 4.29. The van der Waals surface area contributed by atoms with E-state index in [1.54, 1.807) is 31.6 Å². The van der Waals surface area contributed by atoms with Gasteiger partial charge in [0.05, 0.1) is 32.4 Å². The Morgan fingerprint density at radius 3 is 2.53 bits per heavy atom. The first kappa shape index (κ1) is 23.8. The van der Waals surface area contributed by atoms with Crippen molar-refractivity contribution in [3.63, 3.8) is 0 Å². The normalized spacial score (nSPS) is 11.6. The highest BCUT2D eigenvalue weighted by Crippen LogP contribution is 2.39. The number of carbonyl (C=O) groups is 1. The van der Waals surface area contributed by atoms with Crippen LogP contribution in [-0.4, -0.2) is 15.5 Å². The van der Waals surface area contributed by atoms with Gasteiger partial charge in [0.25, 0.3) is 11.5 Å². The molecule has 0 unspecified atom stereocenters. The van der Waals surface area contributed by atoms with Gasteiger partial charge in [-0.15, -0.1) is 0 Å². The van der Waals surface area contributed by atoms with Gasteiger partial charge in [0.15, 0.2) is 0 Å². The molecule has 0 spiro atoms. The van der Waals surface area contributed by atoms with E-state index in [4.69, 9.17) is 23.2 Å². The van der Waals surface area contributed by atoms with Gasteiger partial charge in [0, 0.05) is 36.0 Å². The molecule has 5 nitrogen and oxygen atoms in total. The number of aryl methyl sites for hydroxylation is 2. The van der Waals surface area contributed by atoms with Crippen LogP contribution in [0.2, 0.25) is 10.0 Å². The van der Waals surface area contributed by atoms with E-state index in [-0.39, 0.29) is 43.5 Å². The summed E-state index contributed by atoms with van der Waals surface area (Å²) in [6.45, 7) is 1.46. The van der Waals surface area contributed by atoms with Crippen molar-refractivity contribution in [1.82, 2.24) is 9.55 Å². The highest BCUT2D eigenvalue weighted by molar-refractivity contribution is 6.41. The third kappa shape index (κ3) is 4.38. The largest absolute Gasteiger partial charge is 0.416 e. The molecular formula is C24H16Cl2F3N3O2. The molecule has 4 rings (SSSR count). The van der Waals surface area contributed by atoms with Crippen LogP contribution in [0.15, 0.2) is 59.7 Å². The molecule has 2 aromatic carbocycles. The minimum absolute atomic E-state index is 0.0233. The fourth-order valence-electron chi connectivity index (χ4n) is 3.67. The van der Waals surface area contributed by atoms with Crippen LogP contribution in [0, 0.1) is 6.92 Å². The molecule has 2 heterocycles. The quantitative estimate of drug-likeness (QED) is 0.346. The Balaban J connectivity index is 1.79. The number of amides is 1. The van der Waals surface area contributed by atoms with Crippen LogP contribution in [-0.2, 0) is 13.2 Å². The average molecular weight is 506 g/mol. The summed E-state index contributed by atoms with van der Waals surface area (Å²) in [4.78, 5) is 29.9. The molecule has 0 bridgehead atoms. The van der Waals surface area contributed by atoms with Crippen molar-refractivity contribution in [1.29, 1.82) is 0 Å². The Morgan fingerprint density at radius 2 is 1.82 bits per heavy atom. The second kappa shape index (κ2) is 8.77. The topological polar surface area (TPSA) is 64.0 Å². The number of anilines is 1. The van der Waals surface area contributed by atoms with Crippen molar-refractivity contribution in [2.24, 2.45) is 7.05 Å². The van der Waals surface area contributed by atoms with Crippen molar-refractivity contribution in [3.05, 3.63) is 91.9 Å². The van der Waals surface area contributed by atoms with Crippen molar-refractivity contribution < 1.29 is 18.0 Å². The van der Waals surface area contributed by atoms with Gasteiger partial charge in [-0.25, -0.2) is 0 Å². The highest BCUT2D eigenvalue weighted by Gasteiger charge is 2.31. The first-order valence-corrected chi connectivity index (χ1v) is 10.7. The molecule has 0 aliphatic carbocycles. The summed E-state index contributed by atoms with van der Waals surface area (Å²) in [5.41, 5.74) is -0.108. The lowest BCUT2D eigenvalue weighted by molar-refractivity contribution is -0.137. The van der Waals surface area contributed by atoms with Gasteiger partial charge in [0.2, 0.25) is 0 Å². The predicted molar refractivity (Wildman–Crippen MR) is 127 cm³/mol. The summed E-state index contributed by atoms with van der Waals surface area (Å²) in [6.07, 6.45) is -1.45. The maximum atomic E-state index is 13.2. The van der Waals surface area contributed by atoms with E-state index in [0.717, 1.165) is 12.1 Å². The molecule has 34 heavy (non-hydrogen) atoms. The van der Waals surface area contributed by atoms with Crippen LogP contribution in [0.5, 0.6) is 0 Å². The first-order chi connectivity index (χ1) is 16.0. The van der Waals surface area contributed by atoms with Crippen LogP contribution in [0.25, 0.3) is 22.0 Å². The van der Waals surface area contributed by atoms with E-state index in [1.807, 2.05) is 0 Å².